The van der Waals surface area contributed by atoms with Crippen molar-refractivity contribution in [2.75, 3.05) is 40.0 Å². The molecule has 0 radical (unpaired) electrons. The number of methoxy groups -OCH3 is 1. The fourth-order valence-electron chi connectivity index (χ4n) is 4.37. The normalized spacial score (nSPS) is 26.9. The quantitative estimate of drug-likeness (QED) is 0.602. The fourth-order valence-corrected chi connectivity index (χ4v) is 4.37. The Bertz CT molecular complexity index is 733. The van der Waals surface area contributed by atoms with E-state index in [1.165, 1.54) is 5.56 Å². The minimum atomic E-state index is 0.111. The topological polar surface area (TPSA) is 64.6 Å². The van der Waals surface area contributed by atoms with Crippen LogP contribution >= 0.6 is 0 Å². The summed E-state index contributed by atoms with van der Waals surface area (Å²) < 4.78 is 23.4. The summed E-state index contributed by atoms with van der Waals surface area (Å²) in [5, 5.41) is 3.44. The van der Waals surface area contributed by atoms with E-state index in [1.54, 1.807) is 7.11 Å². The van der Waals surface area contributed by atoms with Gasteiger partial charge in [0.15, 0.2) is 5.96 Å². The maximum Gasteiger partial charge on any atom is 0.194 e. The zero-order valence-electron chi connectivity index (χ0n) is 17.8. The van der Waals surface area contributed by atoms with Crippen molar-refractivity contribution in [3.63, 3.8) is 0 Å². The van der Waals surface area contributed by atoms with Crippen LogP contribution in [-0.4, -0.2) is 69.1 Å². The smallest absolute Gasteiger partial charge is 0.194 e. The number of guanidine groups is 1. The van der Waals surface area contributed by atoms with Crippen molar-refractivity contribution >= 4 is 5.96 Å². The molecule has 0 bridgehead atoms. The summed E-state index contributed by atoms with van der Waals surface area (Å²) in [5.74, 6) is 2.74. The molecule has 3 atom stereocenters. The van der Waals surface area contributed by atoms with Gasteiger partial charge in [-0.1, -0.05) is 0 Å². The largest absolute Gasteiger partial charge is 0.496 e. The molecule has 0 saturated carbocycles. The number of rotatable bonds is 5. The Morgan fingerprint density at radius 2 is 2.14 bits per heavy atom. The van der Waals surface area contributed by atoms with Crippen LogP contribution in [0.25, 0.3) is 0 Å². The molecule has 3 unspecified atom stereocenters. The minimum absolute atomic E-state index is 0.111. The van der Waals surface area contributed by atoms with Crippen LogP contribution < -0.4 is 14.8 Å². The first-order chi connectivity index (χ1) is 14.2. The molecule has 0 aromatic heterocycles. The number of hydrogen-bond acceptors (Lipinski definition) is 5. The van der Waals surface area contributed by atoms with Crippen molar-refractivity contribution in [3.05, 3.63) is 23.3 Å². The van der Waals surface area contributed by atoms with Gasteiger partial charge in [0, 0.05) is 43.8 Å². The molecule has 1 aromatic rings. The highest BCUT2D eigenvalue weighted by Crippen LogP contribution is 2.35. The molecule has 3 aliphatic heterocycles. The Labute approximate surface area is 173 Å². The third kappa shape index (κ3) is 4.61. The molecule has 0 aliphatic carbocycles. The summed E-state index contributed by atoms with van der Waals surface area (Å²) in [4.78, 5) is 7.21. The zero-order chi connectivity index (χ0) is 20.2. The van der Waals surface area contributed by atoms with Gasteiger partial charge in [-0.3, -0.25) is 0 Å². The van der Waals surface area contributed by atoms with E-state index in [1.807, 2.05) is 0 Å². The Morgan fingerprint density at radius 3 is 2.90 bits per heavy atom. The third-order valence-corrected chi connectivity index (χ3v) is 5.81. The van der Waals surface area contributed by atoms with Crippen molar-refractivity contribution in [1.82, 2.24) is 10.2 Å². The average molecular weight is 404 g/mol. The zero-order valence-corrected chi connectivity index (χ0v) is 17.8. The van der Waals surface area contributed by atoms with Crippen molar-refractivity contribution in [2.45, 2.75) is 58.0 Å². The van der Waals surface area contributed by atoms with Gasteiger partial charge >= 0.3 is 0 Å². The van der Waals surface area contributed by atoms with Gasteiger partial charge in [0.05, 0.1) is 26.4 Å². The Morgan fingerprint density at radius 1 is 1.28 bits per heavy atom. The molecule has 160 valence electrons. The summed E-state index contributed by atoms with van der Waals surface area (Å²) in [5.41, 5.74) is 2.25. The Hall–Kier alpha value is -1.99. The molecule has 4 rings (SSSR count). The van der Waals surface area contributed by atoms with Gasteiger partial charge < -0.3 is 29.2 Å². The monoisotopic (exact) mass is 403 g/mol. The van der Waals surface area contributed by atoms with Gasteiger partial charge in [0.2, 0.25) is 0 Å². The number of hydrogen-bond donors (Lipinski definition) is 1. The summed E-state index contributed by atoms with van der Waals surface area (Å²) in [6.07, 6.45) is 3.66. The number of aliphatic imine (C=N–C) groups is 1. The molecule has 29 heavy (non-hydrogen) atoms. The van der Waals surface area contributed by atoms with Crippen LogP contribution in [0.2, 0.25) is 0 Å². The third-order valence-electron chi connectivity index (χ3n) is 5.81. The van der Waals surface area contributed by atoms with Crippen LogP contribution in [0.5, 0.6) is 11.5 Å². The van der Waals surface area contributed by atoms with Crippen LogP contribution in [0, 0.1) is 0 Å². The number of morpholine rings is 1. The second-order valence-corrected chi connectivity index (χ2v) is 7.98. The summed E-state index contributed by atoms with van der Waals surface area (Å²) in [6, 6.07) is 4.18. The highest BCUT2D eigenvalue weighted by molar-refractivity contribution is 5.80. The molecule has 0 amide bonds. The molecule has 2 saturated heterocycles. The van der Waals surface area contributed by atoms with E-state index in [9.17, 15) is 0 Å². The minimum Gasteiger partial charge on any atom is -0.496 e. The number of fused-ring (bicyclic) bond motifs is 1. The summed E-state index contributed by atoms with van der Waals surface area (Å²) in [6.45, 7) is 8.73. The van der Waals surface area contributed by atoms with Gasteiger partial charge in [0.1, 0.15) is 23.7 Å². The number of benzene rings is 1. The second-order valence-electron chi connectivity index (χ2n) is 7.98. The lowest BCUT2D eigenvalue weighted by Crippen LogP contribution is -2.53. The predicted molar refractivity (Wildman–Crippen MR) is 112 cm³/mol. The SMILES string of the molecule is CCNC(=NCc1cc2c(cc1OC)CC(C)O2)N1CCOC(C2CCCO2)C1. The predicted octanol–water partition coefficient (Wildman–Crippen LogP) is 2.36. The van der Waals surface area contributed by atoms with Crippen LogP contribution in [0.4, 0.5) is 0 Å². The molecular weight excluding hydrogens is 370 g/mol. The van der Waals surface area contributed by atoms with E-state index in [2.05, 4.69) is 36.2 Å². The first kappa shape index (κ1) is 20.3. The highest BCUT2D eigenvalue weighted by atomic mass is 16.5. The van der Waals surface area contributed by atoms with E-state index >= 15 is 0 Å². The van der Waals surface area contributed by atoms with Crippen molar-refractivity contribution < 1.29 is 18.9 Å². The van der Waals surface area contributed by atoms with Gasteiger partial charge in [-0.05, 0) is 38.8 Å². The van der Waals surface area contributed by atoms with Crippen molar-refractivity contribution in [2.24, 2.45) is 4.99 Å². The lowest BCUT2D eigenvalue weighted by Gasteiger charge is -2.37. The lowest BCUT2D eigenvalue weighted by molar-refractivity contribution is -0.0817. The first-order valence-electron chi connectivity index (χ1n) is 10.8. The molecule has 1 N–H and O–H groups in total. The van der Waals surface area contributed by atoms with E-state index in [4.69, 9.17) is 23.9 Å². The van der Waals surface area contributed by atoms with Crippen LogP contribution in [-0.2, 0) is 22.4 Å². The fraction of sp³-hybridized carbons (Fsp3) is 0.682. The molecule has 7 heteroatoms. The maximum absolute atomic E-state index is 5.99. The highest BCUT2D eigenvalue weighted by Gasteiger charge is 2.32. The number of nitrogens with one attached hydrogen (secondary N) is 1. The standard InChI is InChI=1S/C22H33N3O4/c1-4-23-22(25-7-9-28-21(14-25)18-6-5-8-27-18)24-13-17-12-20-16(10-15(2)29-20)11-19(17)26-3/h11-12,15,18,21H,4-10,13-14H2,1-3H3,(H,23,24). The van der Waals surface area contributed by atoms with E-state index in [0.29, 0.717) is 13.2 Å². The molecule has 3 heterocycles. The summed E-state index contributed by atoms with van der Waals surface area (Å²) >= 11 is 0. The average Bonchev–Trinajstić information content (AvgIpc) is 3.39. The van der Waals surface area contributed by atoms with E-state index in [-0.39, 0.29) is 18.3 Å². The Kier molecular flexibility index (Phi) is 6.45. The molecule has 7 nitrogen and oxygen atoms in total. The van der Waals surface area contributed by atoms with Crippen molar-refractivity contribution in [3.8, 4) is 11.5 Å². The van der Waals surface area contributed by atoms with E-state index in [0.717, 1.165) is 68.5 Å². The number of nitrogens with zero attached hydrogens (tertiary/aromatic N) is 2. The summed E-state index contributed by atoms with van der Waals surface area (Å²) in [7, 11) is 1.72. The molecule has 1 aromatic carbocycles. The second kappa shape index (κ2) is 9.22. The van der Waals surface area contributed by atoms with Crippen LogP contribution in [0.15, 0.2) is 17.1 Å². The Balaban J connectivity index is 1.49. The molecule has 0 spiro atoms. The first-order valence-corrected chi connectivity index (χ1v) is 10.8. The van der Waals surface area contributed by atoms with Gasteiger partial charge in [-0.25, -0.2) is 4.99 Å². The lowest BCUT2D eigenvalue weighted by atomic mass is 10.1. The van der Waals surface area contributed by atoms with Gasteiger partial charge in [-0.2, -0.15) is 0 Å². The van der Waals surface area contributed by atoms with Crippen LogP contribution in [0.3, 0.4) is 0 Å². The molecule has 2 fully saturated rings. The maximum atomic E-state index is 5.99. The molecule has 3 aliphatic rings. The van der Waals surface area contributed by atoms with Crippen molar-refractivity contribution in [1.29, 1.82) is 0 Å². The van der Waals surface area contributed by atoms with E-state index < -0.39 is 0 Å². The molecular formula is C22H33N3O4. The van der Waals surface area contributed by atoms with Gasteiger partial charge in [-0.15, -0.1) is 0 Å². The number of ether oxygens (including phenoxy) is 4. The van der Waals surface area contributed by atoms with Gasteiger partial charge in [0.25, 0.3) is 0 Å². The van der Waals surface area contributed by atoms with Crippen LogP contribution in [0.1, 0.15) is 37.8 Å².